The van der Waals surface area contributed by atoms with Crippen LogP contribution in [-0.4, -0.2) is 30.1 Å². The molecule has 0 bridgehead atoms. The Balaban J connectivity index is 2.44. The highest BCUT2D eigenvalue weighted by Gasteiger charge is 2.11. The number of aliphatic carboxylic acids is 1. The second-order valence-corrected chi connectivity index (χ2v) is 4.94. The number of nitrogens with one attached hydrogen (secondary N) is 1. The SMILES string of the molecule is COc1ccc(CCC(=O)NC(C)CC(=O)O)cc1Cl. The molecule has 2 N–H and O–H groups in total. The summed E-state index contributed by atoms with van der Waals surface area (Å²) in [6.07, 6.45) is 0.738. The summed E-state index contributed by atoms with van der Waals surface area (Å²) in [6, 6.07) is 4.98. The third kappa shape index (κ3) is 5.48. The largest absolute Gasteiger partial charge is 0.495 e. The monoisotopic (exact) mass is 299 g/mol. The molecule has 20 heavy (non-hydrogen) atoms. The molecule has 6 heteroatoms. The van der Waals surface area contributed by atoms with Crippen molar-refractivity contribution in [1.29, 1.82) is 0 Å². The van der Waals surface area contributed by atoms with Gasteiger partial charge in [0, 0.05) is 12.5 Å². The molecule has 1 aromatic carbocycles. The Hall–Kier alpha value is -1.75. The Morgan fingerprint density at radius 1 is 1.45 bits per heavy atom. The van der Waals surface area contributed by atoms with E-state index in [-0.39, 0.29) is 24.8 Å². The minimum absolute atomic E-state index is 0.0832. The van der Waals surface area contributed by atoms with Crippen LogP contribution in [0.1, 0.15) is 25.3 Å². The van der Waals surface area contributed by atoms with Gasteiger partial charge in [0.15, 0.2) is 0 Å². The van der Waals surface area contributed by atoms with Crippen molar-refractivity contribution < 1.29 is 19.4 Å². The predicted octanol–water partition coefficient (Wildman–Crippen LogP) is 2.26. The van der Waals surface area contributed by atoms with Crippen LogP contribution in [0.3, 0.4) is 0 Å². The van der Waals surface area contributed by atoms with E-state index in [1.807, 2.05) is 6.07 Å². The number of benzene rings is 1. The third-order valence-corrected chi connectivity index (χ3v) is 3.04. The second-order valence-electron chi connectivity index (χ2n) is 4.54. The van der Waals surface area contributed by atoms with Crippen LogP contribution in [0.25, 0.3) is 0 Å². The maximum Gasteiger partial charge on any atom is 0.305 e. The summed E-state index contributed by atoms with van der Waals surface area (Å²) in [5.41, 5.74) is 0.928. The van der Waals surface area contributed by atoms with Crippen LogP contribution in [0.4, 0.5) is 0 Å². The Labute approximate surface area is 122 Å². The van der Waals surface area contributed by atoms with Gasteiger partial charge in [-0.3, -0.25) is 9.59 Å². The standard InChI is InChI=1S/C14H18ClNO4/c1-9(7-14(18)19)16-13(17)6-4-10-3-5-12(20-2)11(15)8-10/h3,5,8-9H,4,6-7H2,1-2H3,(H,16,17)(H,18,19). The number of rotatable bonds is 7. The van der Waals surface area contributed by atoms with Crippen molar-refractivity contribution in [3.63, 3.8) is 0 Å². The Morgan fingerprint density at radius 2 is 2.15 bits per heavy atom. The molecule has 0 saturated carbocycles. The fourth-order valence-electron chi connectivity index (χ4n) is 1.78. The molecule has 110 valence electrons. The lowest BCUT2D eigenvalue weighted by Crippen LogP contribution is -2.34. The number of carbonyl (C=O) groups is 2. The fourth-order valence-corrected chi connectivity index (χ4v) is 2.06. The number of ether oxygens (including phenoxy) is 1. The van der Waals surface area contributed by atoms with Crippen molar-refractivity contribution in [2.24, 2.45) is 0 Å². The van der Waals surface area contributed by atoms with Gasteiger partial charge in [-0.25, -0.2) is 0 Å². The number of carboxylic acid groups (broad SMARTS) is 1. The minimum Gasteiger partial charge on any atom is -0.495 e. The predicted molar refractivity (Wildman–Crippen MR) is 76.2 cm³/mol. The summed E-state index contributed by atoms with van der Waals surface area (Å²) in [5.74, 6) is -0.514. The zero-order chi connectivity index (χ0) is 15.1. The molecule has 0 saturated heterocycles. The minimum atomic E-state index is -0.931. The summed E-state index contributed by atoms with van der Waals surface area (Å²) in [5, 5.41) is 11.8. The van der Waals surface area contributed by atoms with E-state index >= 15 is 0 Å². The summed E-state index contributed by atoms with van der Waals surface area (Å²) >= 11 is 6.00. The Morgan fingerprint density at radius 3 is 2.70 bits per heavy atom. The van der Waals surface area contributed by atoms with Crippen molar-refractivity contribution in [1.82, 2.24) is 5.32 Å². The van der Waals surface area contributed by atoms with Gasteiger partial charge in [-0.1, -0.05) is 17.7 Å². The second kappa shape index (κ2) is 7.75. The van der Waals surface area contributed by atoms with Gasteiger partial charge in [-0.05, 0) is 31.0 Å². The number of halogens is 1. The molecular weight excluding hydrogens is 282 g/mol. The molecule has 0 aliphatic rings. The number of hydrogen-bond donors (Lipinski definition) is 2. The molecule has 1 aromatic rings. The highest BCUT2D eigenvalue weighted by atomic mass is 35.5. The summed E-state index contributed by atoms with van der Waals surface area (Å²) in [4.78, 5) is 22.1. The molecule has 1 amide bonds. The molecule has 1 atom stereocenters. The number of aryl methyl sites for hydroxylation is 1. The fraction of sp³-hybridized carbons (Fsp3) is 0.429. The summed E-state index contributed by atoms with van der Waals surface area (Å²) < 4.78 is 5.05. The molecule has 0 spiro atoms. The average Bonchev–Trinajstić information content (AvgIpc) is 2.35. The zero-order valence-electron chi connectivity index (χ0n) is 11.5. The van der Waals surface area contributed by atoms with E-state index in [1.165, 1.54) is 7.11 Å². The lowest BCUT2D eigenvalue weighted by molar-refractivity contribution is -0.137. The first-order valence-corrected chi connectivity index (χ1v) is 6.63. The van der Waals surface area contributed by atoms with E-state index in [4.69, 9.17) is 21.4 Å². The maximum absolute atomic E-state index is 11.7. The van der Waals surface area contributed by atoms with Gasteiger partial charge in [0.1, 0.15) is 5.75 Å². The van der Waals surface area contributed by atoms with Crippen LogP contribution in [0.15, 0.2) is 18.2 Å². The van der Waals surface area contributed by atoms with Crippen molar-refractivity contribution in [2.75, 3.05) is 7.11 Å². The van der Waals surface area contributed by atoms with Crippen molar-refractivity contribution in [3.05, 3.63) is 28.8 Å². The molecule has 0 fully saturated rings. The highest BCUT2D eigenvalue weighted by molar-refractivity contribution is 6.32. The van der Waals surface area contributed by atoms with E-state index in [2.05, 4.69) is 5.32 Å². The first-order valence-electron chi connectivity index (χ1n) is 6.26. The van der Waals surface area contributed by atoms with E-state index < -0.39 is 5.97 Å². The van der Waals surface area contributed by atoms with Gasteiger partial charge in [-0.2, -0.15) is 0 Å². The van der Waals surface area contributed by atoms with Crippen molar-refractivity contribution in [2.45, 2.75) is 32.2 Å². The average molecular weight is 300 g/mol. The molecular formula is C14H18ClNO4. The van der Waals surface area contributed by atoms with Crippen LogP contribution in [-0.2, 0) is 16.0 Å². The Bertz CT molecular complexity index is 490. The van der Waals surface area contributed by atoms with Gasteiger partial charge in [0.05, 0.1) is 18.6 Å². The number of hydrogen-bond acceptors (Lipinski definition) is 3. The lowest BCUT2D eigenvalue weighted by Gasteiger charge is -2.11. The molecule has 0 aliphatic carbocycles. The lowest BCUT2D eigenvalue weighted by atomic mass is 10.1. The van der Waals surface area contributed by atoms with E-state index in [0.29, 0.717) is 17.2 Å². The highest BCUT2D eigenvalue weighted by Crippen LogP contribution is 2.25. The normalized spacial score (nSPS) is 11.8. The molecule has 0 aliphatic heterocycles. The van der Waals surface area contributed by atoms with E-state index in [0.717, 1.165) is 5.56 Å². The Kier molecular flexibility index (Phi) is 6.31. The van der Waals surface area contributed by atoms with E-state index in [9.17, 15) is 9.59 Å². The summed E-state index contributed by atoms with van der Waals surface area (Å²) in [6.45, 7) is 1.66. The number of methoxy groups -OCH3 is 1. The van der Waals surface area contributed by atoms with Crippen LogP contribution in [0.2, 0.25) is 5.02 Å². The van der Waals surface area contributed by atoms with Crippen molar-refractivity contribution >= 4 is 23.5 Å². The van der Waals surface area contributed by atoms with Crippen LogP contribution < -0.4 is 10.1 Å². The van der Waals surface area contributed by atoms with Crippen LogP contribution >= 0.6 is 11.6 Å². The molecule has 0 aromatic heterocycles. The van der Waals surface area contributed by atoms with E-state index in [1.54, 1.807) is 19.1 Å². The van der Waals surface area contributed by atoms with Gasteiger partial charge in [-0.15, -0.1) is 0 Å². The molecule has 5 nitrogen and oxygen atoms in total. The first-order chi connectivity index (χ1) is 9.42. The topological polar surface area (TPSA) is 75.6 Å². The zero-order valence-corrected chi connectivity index (χ0v) is 12.2. The third-order valence-electron chi connectivity index (χ3n) is 2.75. The van der Waals surface area contributed by atoms with Crippen LogP contribution in [0, 0.1) is 0 Å². The smallest absolute Gasteiger partial charge is 0.305 e. The number of amides is 1. The number of carboxylic acids is 1. The van der Waals surface area contributed by atoms with Gasteiger partial charge < -0.3 is 15.2 Å². The molecule has 0 heterocycles. The maximum atomic E-state index is 11.7. The number of carbonyl (C=O) groups excluding carboxylic acids is 1. The summed E-state index contributed by atoms with van der Waals surface area (Å²) in [7, 11) is 1.54. The van der Waals surface area contributed by atoms with Gasteiger partial charge >= 0.3 is 5.97 Å². The van der Waals surface area contributed by atoms with Crippen LogP contribution in [0.5, 0.6) is 5.75 Å². The van der Waals surface area contributed by atoms with Gasteiger partial charge in [0.2, 0.25) is 5.91 Å². The van der Waals surface area contributed by atoms with Gasteiger partial charge in [0.25, 0.3) is 0 Å². The molecule has 0 radical (unpaired) electrons. The first kappa shape index (κ1) is 16.3. The quantitative estimate of drug-likeness (QED) is 0.810. The molecule has 1 unspecified atom stereocenters. The molecule has 1 rings (SSSR count). The van der Waals surface area contributed by atoms with Crippen molar-refractivity contribution in [3.8, 4) is 5.75 Å².